The van der Waals surface area contributed by atoms with Gasteiger partial charge in [-0.1, -0.05) is 12.1 Å². The molecule has 1 aliphatic heterocycles. The average Bonchev–Trinajstić information content (AvgIpc) is 2.84. The third-order valence-corrected chi connectivity index (χ3v) is 3.50. The summed E-state index contributed by atoms with van der Waals surface area (Å²) < 4.78 is 34.2. The minimum Gasteiger partial charge on any atom is -0.493 e. The number of hydrogen-bond donors (Lipinski definition) is 0. The molecule has 0 aliphatic carbocycles. The van der Waals surface area contributed by atoms with Gasteiger partial charge in [0.15, 0.2) is 11.5 Å². The number of amides is 2. The van der Waals surface area contributed by atoms with E-state index in [1.54, 1.807) is 12.1 Å². The van der Waals surface area contributed by atoms with Crippen LogP contribution in [0.3, 0.4) is 0 Å². The van der Waals surface area contributed by atoms with Gasteiger partial charge < -0.3 is 9.47 Å². The predicted octanol–water partition coefficient (Wildman–Crippen LogP) is 2.93. The summed E-state index contributed by atoms with van der Waals surface area (Å²) >= 11 is 0. The van der Waals surface area contributed by atoms with Crippen molar-refractivity contribution >= 4 is 18.0 Å². The molecular formula is C17H12F2N2O4. The summed E-state index contributed by atoms with van der Waals surface area (Å²) in [5.74, 6) is -1.15. The van der Waals surface area contributed by atoms with E-state index in [1.165, 1.54) is 43.7 Å². The van der Waals surface area contributed by atoms with E-state index in [1.807, 2.05) is 0 Å². The van der Waals surface area contributed by atoms with E-state index in [9.17, 15) is 18.4 Å². The minimum absolute atomic E-state index is 0.123. The van der Waals surface area contributed by atoms with Crippen molar-refractivity contribution in [3.8, 4) is 11.5 Å². The Morgan fingerprint density at radius 2 is 1.68 bits per heavy atom. The highest BCUT2D eigenvalue weighted by Crippen LogP contribution is 2.29. The Morgan fingerprint density at radius 3 is 2.24 bits per heavy atom. The number of imide groups is 1. The zero-order valence-electron chi connectivity index (χ0n) is 13.0. The largest absolute Gasteiger partial charge is 0.493 e. The lowest BCUT2D eigenvalue weighted by molar-refractivity contribution is -0.0512. The number of hydrazone groups is 1. The molecule has 0 aromatic heterocycles. The standard InChI is InChI=1S/C17H12F2N2O4/c1-24-13-7-6-10(8-14(13)25-17(18)19)9-20-21-15(22)11-4-2-3-5-12(11)16(21)23/h2-9,17H,1H3/b20-9-. The second-order valence-electron chi connectivity index (χ2n) is 5.00. The van der Waals surface area contributed by atoms with E-state index in [4.69, 9.17) is 4.74 Å². The topological polar surface area (TPSA) is 68.2 Å². The molecule has 0 saturated heterocycles. The molecule has 128 valence electrons. The Balaban J connectivity index is 1.86. The fourth-order valence-electron chi connectivity index (χ4n) is 2.37. The maximum Gasteiger partial charge on any atom is 0.387 e. The first kappa shape index (κ1) is 16.6. The number of rotatable bonds is 5. The van der Waals surface area contributed by atoms with Crippen LogP contribution in [0.15, 0.2) is 47.6 Å². The van der Waals surface area contributed by atoms with Crippen LogP contribution in [0.25, 0.3) is 0 Å². The summed E-state index contributed by atoms with van der Waals surface area (Å²) in [5.41, 5.74) is 0.884. The zero-order chi connectivity index (χ0) is 18.0. The summed E-state index contributed by atoms with van der Waals surface area (Å²) in [6, 6.07) is 10.6. The first-order valence-electron chi connectivity index (χ1n) is 7.16. The summed E-state index contributed by atoms with van der Waals surface area (Å²) in [7, 11) is 1.32. The number of carbonyl (C=O) groups is 2. The molecule has 2 aromatic carbocycles. The first-order chi connectivity index (χ1) is 12.0. The Bertz CT molecular complexity index is 832. The van der Waals surface area contributed by atoms with Gasteiger partial charge in [-0.25, -0.2) is 0 Å². The highest BCUT2D eigenvalue weighted by molar-refractivity contribution is 6.21. The monoisotopic (exact) mass is 346 g/mol. The molecule has 0 fully saturated rings. The van der Waals surface area contributed by atoms with Crippen LogP contribution >= 0.6 is 0 Å². The molecule has 6 nitrogen and oxygen atoms in total. The molecule has 1 heterocycles. The quantitative estimate of drug-likeness (QED) is 0.617. The number of fused-ring (bicyclic) bond motifs is 1. The van der Waals surface area contributed by atoms with Crippen LogP contribution in [0, 0.1) is 0 Å². The van der Waals surface area contributed by atoms with Crippen molar-refractivity contribution in [3.05, 3.63) is 59.2 Å². The predicted molar refractivity (Wildman–Crippen MR) is 84.2 cm³/mol. The zero-order valence-corrected chi connectivity index (χ0v) is 13.0. The maximum absolute atomic E-state index is 12.4. The van der Waals surface area contributed by atoms with E-state index in [-0.39, 0.29) is 22.6 Å². The van der Waals surface area contributed by atoms with Gasteiger partial charge in [-0.3, -0.25) is 9.59 Å². The van der Waals surface area contributed by atoms with Crippen LogP contribution in [0.4, 0.5) is 8.78 Å². The van der Waals surface area contributed by atoms with Gasteiger partial charge in [0.25, 0.3) is 11.8 Å². The third-order valence-electron chi connectivity index (χ3n) is 3.50. The number of alkyl halides is 2. The molecule has 0 N–H and O–H groups in total. The molecule has 0 saturated carbocycles. The minimum atomic E-state index is -3.02. The van der Waals surface area contributed by atoms with Crippen molar-refractivity contribution in [1.29, 1.82) is 0 Å². The number of nitrogens with zero attached hydrogens (tertiary/aromatic N) is 2. The Hall–Kier alpha value is -3.29. The molecule has 1 aliphatic rings. The molecule has 0 unspecified atom stereocenters. The number of carbonyl (C=O) groups excluding carboxylic acids is 2. The molecule has 0 bridgehead atoms. The van der Waals surface area contributed by atoms with Gasteiger partial charge in [-0.15, -0.1) is 0 Å². The summed E-state index contributed by atoms with van der Waals surface area (Å²) in [6.45, 7) is -3.02. The molecule has 0 radical (unpaired) electrons. The van der Waals surface area contributed by atoms with Crippen LogP contribution in [-0.4, -0.2) is 36.8 Å². The molecule has 3 rings (SSSR count). The van der Waals surface area contributed by atoms with E-state index >= 15 is 0 Å². The smallest absolute Gasteiger partial charge is 0.387 e. The van der Waals surface area contributed by atoms with E-state index in [0.717, 1.165) is 5.01 Å². The fraction of sp³-hybridized carbons (Fsp3) is 0.118. The van der Waals surface area contributed by atoms with Gasteiger partial charge in [0.05, 0.1) is 24.5 Å². The van der Waals surface area contributed by atoms with Crippen LogP contribution in [0.5, 0.6) is 11.5 Å². The Morgan fingerprint density at radius 1 is 1.04 bits per heavy atom. The number of hydrogen-bond acceptors (Lipinski definition) is 5. The van der Waals surface area contributed by atoms with Crippen LogP contribution < -0.4 is 9.47 Å². The average molecular weight is 346 g/mol. The van der Waals surface area contributed by atoms with Crippen molar-refractivity contribution in [2.24, 2.45) is 5.10 Å². The van der Waals surface area contributed by atoms with Crippen molar-refractivity contribution < 1.29 is 27.8 Å². The molecule has 0 spiro atoms. The van der Waals surface area contributed by atoms with Crippen molar-refractivity contribution in [2.45, 2.75) is 6.61 Å². The fourth-order valence-corrected chi connectivity index (χ4v) is 2.37. The molecule has 2 amide bonds. The van der Waals surface area contributed by atoms with Gasteiger partial charge in [0, 0.05) is 0 Å². The molecule has 25 heavy (non-hydrogen) atoms. The van der Waals surface area contributed by atoms with Crippen LogP contribution in [0.2, 0.25) is 0 Å². The van der Waals surface area contributed by atoms with Crippen LogP contribution in [-0.2, 0) is 0 Å². The highest BCUT2D eigenvalue weighted by Gasteiger charge is 2.35. The number of methoxy groups -OCH3 is 1. The summed E-state index contributed by atoms with van der Waals surface area (Å²) in [6.07, 6.45) is 1.21. The van der Waals surface area contributed by atoms with Gasteiger partial charge >= 0.3 is 6.61 Å². The normalized spacial score (nSPS) is 13.7. The lowest BCUT2D eigenvalue weighted by Gasteiger charge is -2.10. The van der Waals surface area contributed by atoms with Crippen LogP contribution in [0.1, 0.15) is 26.3 Å². The lowest BCUT2D eigenvalue weighted by atomic mass is 10.1. The van der Waals surface area contributed by atoms with Gasteiger partial charge in [0.2, 0.25) is 0 Å². The van der Waals surface area contributed by atoms with Gasteiger partial charge in [-0.2, -0.15) is 18.9 Å². The molecule has 0 atom stereocenters. The Labute approximate surface area is 141 Å². The second kappa shape index (κ2) is 6.68. The Kier molecular flexibility index (Phi) is 4.42. The van der Waals surface area contributed by atoms with E-state index in [2.05, 4.69) is 9.84 Å². The van der Waals surface area contributed by atoms with E-state index < -0.39 is 18.4 Å². The summed E-state index contributed by atoms with van der Waals surface area (Å²) in [5, 5.41) is 4.60. The second-order valence-corrected chi connectivity index (χ2v) is 5.00. The molecule has 2 aromatic rings. The first-order valence-corrected chi connectivity index (χ1v) is 7.16. The van der Waals surface area contributed by atoms with Gasteiger partial charge in [-0.05, 0) is 35.9 Å². The highest BCUT2D eigenvalue weighted by atomic mass is 19.3. The number of benzene rings is 2. The molecular weight excluding hydrogens is 334 g/mol. The lowest BCUT2D eigenvalue weighted by Crippen LogP contribution is -2.24. The van der Waals surface area contributed by atoms with Crippen molar-refractivity contribution in [2.75, 3.05) is 7.11 Å². The number of halogens is 2. The summed E-state index contributed by atoms with van der Waals surface area (Å²) in [4.78, 5) is 24.4. The third kappa shape index (κ3) is 3.18. The van der Waals surface area contributed by atoms with E-state index in [0.29, 0.717) is 5.56 Å². The molecule has 8 heteroatoms. The van der Waals surface area contributed by atoms with Crippen molar-refractivity contribution in [3.63, 3.8) is 0 Å². The van der Waals surface area contributed by atoms with Gasteiger partial charge in [0.1, 0.15) is 0 Å². The SMILES string of the molecule is COc1ccc(/C=N\N2C(=O)c3ccccc3C2=O)cc1OC(F)F. The number of ether oxygens (including phenoxy) is 2. The van der Waals surface area contributed by atoms with Crippen molar-refractivity contribution in [1.82, 2.24) is 5.01 Å². The maximum atomic E-state index is 12.4.